The van der Waals surface area contributed by atoms with Crippen LogP contribution in [-0.4, -0.2) is 27.8 Å². The summed E-state index contributed by atoms with van der Waals surface area (Å²) in [6.07, 6.45) is 3.80. The highest BCUT2D eigenvalue weighted by atomic mass is 32.1. The van der Waals surface area contributed by atoms with Crippen LogP contribution in [0.1, 0.15) is 21.5 Å². The summed E-state index contributed by atoms with van der Waals surface area (Å²) in [7, 11) is 3.25. The number of aryl methyl sites for hydroxylation is 3. The van der Waals surface area contributed by atoms with Gasteiger partial charge in [0.15, 0.2) is 5.13 Å². The molecule has 0 saturated heterocycles. The molecule has 0 atom stereocenters. The standard InChI is InChI=1S/C19H16N4O2S/c1-23-9-13(18(22-23)25-2)17(24)21-19-20-16-12-5-3-4-10-6-7-11(15(10)12)8-14(16)26-19/h3-5,8-9H,6-7H2,1-2H3,(H,20,21,24). The summed E-state index contributed by atoms with van der Waals surface area (Å²) in [6.45, 7) is 0. The molecule has 7 heteroatoms. The van der Waals surface area contributed by atoms with Crippen LogP contribution in [0.3, 0.4) is 0 Å². The third-order valence-electron chi connectivity index (χ3n) is 4.80. The molecule has 5 rings (SSSR count). The number of hydrogen-bond donors (Lipinski definition) is 1. The predicted molar refractivity (Wildman–Crippen MR) is 102 cm³/mol. The van der Waals surface area contributed by atoms with E-state index in [1.807, 2.05) is 0 Å². The van der Waals surface area contributed by atoms with Crippen LogP contribution >= 0.6 is 11.3 Å². The van der Waals surface area contributed by atoms with Gasteiger partial charge in [-0.3, -0.25) is 14.8 Å². The molecule has 0 fully saturated rings. The summed E-state index contributed by atoms with van der Waals surface area (Å²) in [5.41, 5.74) is 4.10. The lowest BCUT2D eigenvalue weighted by Crippen LogP contribution is -2.12. The Bertz CT molecular complexity index is 1190. The number of anilines is 1. The van der Waals surface area contributed by atoms with Crippen LogP contribution in [0.25, 0.3) is 21.0 Å². The molecular weight excluding hydrogens is 348 g/mol. The Morgan fingerprint density at radius 3 is 3.00 bits per heavy atom. The largest absolute Gasteiger partial charge is 0.479 e. The Morgan fingerprint density at radius 2 is 2.15 bits per heavy atom. The van der Waals surface area contributed by atoms with E-state index >= 15 is 0 Å². The van der Waals surface area contributed by atoms with Gasteiger partial charge in [-0.05, 0) is 35.4 Å². The van der Waals surface area contributed by atoms with Crippen molar-refractivity contribution < 1.29 is 9.53 Å². The van der Waals surface area contributed by atoms with E-state index in [9.17, 15) is 4.79 Å². The molecule has 1 N–H and O–H groups in total. The number of nitrogens with zero attached hydrogens (tertiary/aromatic N) is 3. The van der Waals surface area contributed by atoms with Gasteiger partial charge in [0.05, 0.1) is 17.3 Å². The highest BCUT2D eigenvalue weighted by molar-refractivity contribution is 7.22. The fourth-order valence-corrected chi connectivity index (χ4v) is 4.64. The molecular formula is C19H16N4O2S. The zero-order chi connectivity index (χ0) is 17.8. The van der Waals surface area contributed by atoms with Crippen LogP contribution < -0.4 is 10.1 Å². The van der Waals surface area contributed by atoms with Gasteiger partial charge in [0, 0.05) is 18.6 Å². The van der Waals surface area contributed by atoms with Crippen LogP contribution in [0.2, 0.25) is 0 Å². The van der Waals surface area contributed by atoms with Crippen LogP contribution in [0.4, 0.5) is 5.13 Å². The average molecular weight is 364 g/mol. The molecule has 0 radical (unpaired) electrons. The zero-order valence-corrected chi connectivity index (χ0v) is 15.2. The second-order valence-electron chi connectivity index (χ2n) is 6.42. The fraction of sp³-hybridized carbons (Fsp3) is 0.211. The second kappa shape index (κ2) is 5.54. The number of carbonyl (C=O) groups excluding carboxylic acids is 1. The van der Waals surface area contributed by atoms with Crippen LogP contribution in [0.15, 0.2) is 30.5 Å². The number of rotatable bonds is 3. The van der Waals surface area contributed by atoms with E-state index in [2.05, 4.69) is 34.7 Å². The van der Waals surface area contributed by atoms with Crippen molar-refractivity contribution >= 4 is 43.4 Å². The molecule has 6 nitrogen and oxygen atoms in total. The highest BCUT2D eigenvalue weighted by Crippen LogP contribution is 2.39. The maximum atomic E-state index is 12.6. The molecule has 26 heavy (non-hydrogen) atoms. The molecule has 0 unspecified atom stereocenters. The third kappa shape index (κ3) is 2.20. The predicted octanol–water partition coefficient (Wildman–Crippen LogP) is 3.54. The van der Waals surface area contributed by atoms with Gasteiger partial charge in [-0.25, -0.2) is 4.98 Å². The Hall–Kier alpha value is -2.93. The minimum atomic E-state index is -0.272. The number of nitrogens with one attached hydrogen (secondary N) is 1. The number of thiazole rings is 1. The molecule has 2 aromatic carbocycles. The van der Waals surface area contributed by atoms with E-state index in [1.165, 1.54) is 40.3 Å². The Morgan fingerprint density at radius 1 is 1.31 bits per heavy atom. The van der Waals surface area contributed by atoms with Crippen molar-refractivity contribution in [1.29, 1.82) is 0 Å². The molecule has 0 spiro atoms. The van der Waals surface area contributed by atoms with Crippen molar-refractivity contribution in [1.82, 2.24) is 14.8 Å². The van der Waals surface area contributed by atoms with E-state index < -0.39 is 0 Å². The lowest BCUT2D eigenvalue weighted by Gasteiger charge is -2.02. The number of ether oxygens (including phenoxy) is 1. The number of benzene rings is 2. The van der Waals surface area contributed by atoms with Crippen molar-refractivity contribution in [3.63, 3.8) is 0 Å². The van der Waals surface area contributed by atoms with Gasteiger partial charge in [0.25, 0.3) is 5.91 Å². The Kier molecular flexibility index (Phi) is 3.27. The second-order valence-corrected chi connectivity index (χ2v) is 7.45. The van der Waals surface area contributed by atoms with E-state index in [1.54, 1.807) is 17.9 Å². The molecule has 1 aliphatic carbocycles. The first kappa shape index (κ1) is 15.3. The summed E-state index contributed by atoms with van der Waals surface area (Å²) < 4.78 is 7.82. The molecule has 2 heterocycles. The van der Waals surface area contributed by atoms with Gasteiger partial charge in [-0.15, -0.1) is 5.10 Å². The minimum absolute atomic E-state index is 0.272. The molecule has 1 aliphatic rings. The van der Waals surface area contributed by atoms with Crippen LogP contribution in [0.5, 0.6) is 5.88 Å². The molecule has 130 valence electrons. The average Bonchev–Trinajstić information content (AvgIpc) is 3.33. The summed E-state index contributed by atoms with van der Waals surface area (Å²) >= 11 is 1.50. The quantitative estimate of drug-likeness (QED) is 0.604. The first-order chi connectivity index (χ1) is 12.6. The summed E-state index contributed by atoms with van der Waals surface area (Å²) in [5.74, 6) is 0.0317. The number of carbonyl (C=O) groups is 1. The third-order valence-corrected chi connectivity index (χ3v) is 5.72. The SMILES string of the molecule is COc1nn(C)cc1C(=O)Nc1nc2c(cc3c4c(cccc42)CC3)s1. The smallest absolute Gasteiger partial charge is 0.264 e. The topological polar surface area (TPSA) is 69.0 Å². The number of hydrogen-bond acceptors (Lipinski definition) is 5. The summed E-state index contributed by atoms with van der Waals surface area (Å²) in [6, 6.07) is 8.61. The van der Waals surface area contributed by atoms with Crippen molar-refractivity contribution in [3.05, 3.63) is 47.2 Å². The van der Waals surface area contributed by atoms with Gasteiger partial charge < -0.3 is 4.74 Å². The van der Waals surface area contributed by atoms with Crippen molar-refractivity contribution in [2.75, 3.05) is 12.4 Å². The van der Waals surface area contributed by atoms with E-state index in [4.69, 9.17) is 9.72 Å². The summed E-state index contributed by atoms with van der Waals surface area (Å²) in [5, 5.41) is 10.1. The van der Waals surface area contributed by atoms with E-state index in [-0.39, 0.29) is 5.91 Å². The van der Waals surface area contributed by atoms with E-state index in [0.717, 1.165) is 23.1 Å². The van der Waals surface area contributed by atoms with Crippen molar-refractivity contribution in [2.45, 2.75) is 12.8 Å². The molecule has 1 amide bonds. The van der Waals surface area contributed by atoms with Crippen LogP contribution in [-0.2, 0) is 19.9 Å². The molecule has 0 bridgehead atoms. The zero-order valence-electron chi connectivity index (χ0n) is 14.4. The molecule has 0 aliphatic heterocycles. The normalized spacial score (nSPS) is 12.8. The first-order valence-corrected chi connectivity index (χ1v) is 9.18. The maximum Gasteiger partial charge on any atom is 0.264 e. The summed E-state index contributed by atoms with van der Waals surface area (Å²) in [4.78, 5) is 17.3. The lowest BCUT2D eigenvalue weighted by molar-refractivity contribution is 0.102. The molecule has 4 aromatic rings. The maximum absolute atomic E-state index is 12.6. The lowest BCUT2D eigenvalue weighted by atomic mass is 10.0. The van der Waals surface area contributed by atoms with Crippen molar-refractivity contribution in [2.24, 2.45) is 7.05 Å². The van der Waals surface area contributed by atoms with E-state index in [0.29, 0.717) is 16.6 Å². The minimum Gasteiger partial charge on any atom is -0.479 e. The Labute approximate surface area is 153 Å². The Balaban J connectivity index is 1.57. The number of fused-ring (bicyclic) bond motifs is 2. The van der Waals surface area contributed by atoms with Gasteiger partial charge in [0.1, 0.15) is 5.56 Å². The van der Waals surface area contributed by atoms with Gasteiger partial charge in [-0.1, -0.05) is 29.5 Å². The number of amides is 1. The fourth-order valence-electron chi connectivity index (χ4n) is 3.70. The number of aromatic nitrogens is 3. The molecule has 0 saturated carbocycles. The first-order valence-electron chi connectivity index (χ1n) is 8.37. The van der Waals surface area contributed by atoms with Gasteiger partial charge in [-0.2, -0.15) is 0 Å². The van der Waals surface area contributed by atoms with Crippen molar-refractivity contribution in [3.8, 4) is 5.88 Å². The number of methoxy groups -OCH3 is 1. The monoisotopic (exact) mass is 364 g/mol. The van der Waals surface area contributed by atoms with Gasteiger partial charge >= 0.3 is 0 Å². The van der Waals surface area contributed by atoms with Crippen LogP contribution in [0, 0.1) is 0 Å². The highest BCUT2D eigenvalue weighted by Gasteiger charge is 2.21. The molecule has 2 aromatic heterocycles. The van der Waals surface area contributed by atoms with Gasteiger partial charge in [0.2, 0.25) is 5.88 Å².